The molecule has 0 unspecified atom stereocenters. The van der Waals surface area contributed by atoms with Crippen LogP contribution in [0.15, 0.2) is 224 Å². The standard InChI is InChI=1S/C57H37N5/c1-4-18-38(19-5-1)41-24-16-25-42(36-41)44-29-17-30-48-47-28-12-15-33-52(47)62(54(44)48)57-59-55(40-22-8-3-9-23-40)58-56(60-57)43-34-35-53(49(37-43)39-20-6-2-7-21-39)61-50-31-13-10-26-45(50)46-27-11-14-32-51(46)61/h1-37H. The molecule has 0 amide bonds. The van der Waals surface area contributed by atoms with Gasteiger partial charge < -0.3 is 4.57 Å². The molecule has 62 heavy (non-hydrogen) atoms. The van der Waals surface area contributed by atoms with Gasteiger partial charge >= 0.3 is 0 Å². The van der Waals surface area contributed by atoms with Crippen LogP contribution in [-0.2, 0) is 0 Å². The van der Waals surface area contributed by atoms with Crippen molar-refractivity contribution >= 4 is 43.6 Å². The van der Waals surface area contributed by atoms with Crippen molar-refractivity contribution < 1.29 is 0 Å². The predicted octanol–water partition coefficient (Wildman–Crippen LogP) is 14.4. The molecule has 0 bridgehead atoms. The summed E-state index contributed by atoms with van der Waals surface area (Å²) in [6.45, 7) is 0. The number of fused-ring (bicyclic) bond motifs is 6. The van der Waals surface area contributed by atoms with Crippen molar-refractivity contribution in [1.29, 1.82) is 0 Å². The van der Waals surface area contributed by atoms with Gasteiger partial charge in [0.05, 0.1) is 27.8 Å². The average Bonchev–Trinajstić information content (AvgIpc) is 3.88. The normalized spacial score (nSPS) is 11.5. The first-order valence-electron chi connectivity index (χ1n) is 21.0. The molecule has 0 spiro atoms. The van der Waals surface area contributed by atoms with Crippen molar-refractivity contribution in [1.82, 2.24) is 24.1 Å². The molecule has 0 N–H and O–H groups in total. The molecular formula is C57H37N5. The molecule has 0 radical (unpaired) electrons. The number of nitrogens with zero attached hydrogens (tertiary/aromatic N) is 5. The van der Waals surface area contributed by atoms with E-state index in [2.05, 4.69) is 215 Å². The maximum Gasteiger partial charge on any atom is 0.238 e. The van der Waals surface area contributed by atoms with E-state index in [1.807, 2.05) is 18.2 Å². The van der Waals surface area contributed by atoms with Gasteiger partial charge in [0.25, 0.3) is 0 Å². The topological polar surface area (TPSA) is 48.5 Å². The second-order valence-corrected chi connectivity index (χ2v) is 15.6. The number of rotatable bonds is 7. The Morgan fingerprint density at radius 1 is 0.274 bits per heavy atom. The minimum Gasteiger partial charge on any atom is -0.309 e. The molecule has 9 aromatic carbocycles. The Hall–Kier alpha value is -8.41. The van der Waals surface area contributed by atoms with E-state index in [1.54, 1.807) is 0 Å². The fourth-order valence-corrected chi connectivity index (χ4v) is 9.17. The largest absolute Gasteiger partial charge is 0.309 e. The lowest BCUT2D eigenvalue weighted by Crippen LogP contribution is -2.07. The zero-order valence-electron chi connectivity index (χ0n) is 33.6. The molecule has 0 atom stereocenters. The van der Waals surface area contributed by atoms with Gasteiger partial charge in [-0.2, -0.15) is 9.97 Å². The van der Waals surface area contributed by atoms with Gasteiger partial charge in [-0.15, -0.1) is 0 Å². The van der Waals surface area contributed by atoms with Crippen LogP contribution in [0.1, 0.15) is 0 Å². The Labute approximate surface area is 358 Å². The van der Waals surface area contributed by atoms with Gasteiger partial charge in [-0.05, 0) is 64.7 Å². The summed E-state index contributed by atoms with van der Waals surface area (Å²) in [5.74, 6) is 1.75. The average molecular weight is 792 g/mol. The van der Waals surface area contributed by atoms with Gasteiger partial charge in [0, 0.05) is 43.8 Å². The highest BCUT2D eigenvalue weighted by Crippen LogP contribution is 2.41. The van der Waals surface area contributed by atoms with E-state index in [0.717, 1.165) is 77.5 Å². The first-order chi connectivity index (χ1) is 30.8. The van der Waals surface area contributed by atoms with Crippen LogP contribution in [0.5, 0.6) is 0 Å². The molecule has 5 nitrogen and oxygen atoms in total. The third kappa shape index (κ3) is 5.90. The third-order valence-corrected chi connectivity index (χ3v) is 12.0. The van der Waals surface area contributed by atoms with Crippen molar-refractivity contribution in [3.8, 4) is 67.8 Å². The van der Waals surface area contributed by atoms with Crippen LogP contribution >= 0.6 is 0 Å². The van der Waals surface area contributed by atoms with E-state index in [4.69, 9.17) is 15.0 Å². The molecule has 3 heterocycles. The van der Waals surface area contributed by atoms with Crippen LogP contribution < -0.4 is 0 Å². The fraction of sp³-hybridized carbons (Fsp3) is 0. The molecule has 12 rings (SSSR count). The molecular weight excluding hydrogens is 755 g/mol. The van der Waals surface area contributed by atoms with Gasteiger partial charge in [-0.25, -0.2) is 4.98 Å². The zero-order valence-corrected chi connectivity index (χ0v) is 33.6. The van der Waals surface area contributed by atoms with Crippen LogP contribution in [0.3, 0.4) is 0 Å². The van der Waals surface area contributed by atoms with Crippen molar-refractivity contribution in [3.05, 3.63) is 224 Å². The van der Waals surface area contributed by atoms with Crippen molar-refractivity contribution in [2.45, 2.75) is 0 Å². The summed E-state index contributed by atoms with van der Waals surface area (Å²) >= 11 is 0. The van der Waals surface area contributed by atoms with E-state index in [1.165, 1.54) is 16.3 Å². The van der Waals surface area contributed by atoms with Crippen LogP contribution in [-0.4, -0.2) is 24.1 Å². The van der Waals surface area contributed by atoms with E-state index >= 15 is 0 Å². The van der Waals surface area contributed by atoms with Gasteiger partial charge in [0.2, 0.25) is 5.95 Å². The number of hydrogen-bond donors (Lipinski definition) is 0. The highest BCUT2D eigenvalue weighted by atomic mass is 15.2. The molecule has 12 aromatic rings. The summed E-state index contributed by atoms with van der Waals surface area (Å²) < 4.78 is 4.62. The number of aromatic nitrogens is 5. The summed E-state index contributed by atoms with van der Waals surface area (Å²) in [4.78, 5) is 16.0. The Morgan fingerprint density at radius 3 is 1.42 bits per heavy atom. The van der Waals surface area contributed by atoms with Gasteiger partial charge in [-0.3, -0.25) is 4.57 Å². The predicted molar refractivity (Wildman–Crippen MR) is 256 cm³/mol. The Bertz CT molecular complexity index is 3570. The van der Waals surface area contributed by atoms with E-state index in [-0.39, 0.29) is 0 Å². The van der Waals surface area contributed by atoms with Crippen LogP contribution in [0.4, 0.5) is 0 Å². The zero-order chi connectivity index (χ0) is 41.0. The minimum absolute atomic E-state index is 0.555. The van der Waals surface area contributed by atoms with Crippen LogP contribution in [0, 0.1) is 0 Å². The van der Waals surface area contributed by atoms with Gasteiger partial charge in [0.15, 0.2) is 11.6 Å². The second-order valence-electron chi connectivity index (χ2n) is 15.6. The first kappa shape index (κ1) is 35.5. The maximum atomic E-state index is 5.43. The summed E-state index contributed by atoms with van der Waals surface area (Å²) in [5, 5.41) is 4.71. The summed E-state index contributed by atoms with van der Waals surface area (Å²) in [6.07, 6.45) is 0. The SMILES string of the molecule is c1ccc(-c2cccc(-c3cccc4c5ccccc5n(-c5nc(-c6ccccc6)nc(-c6ccc(-n7c8ccccc8c8ccccc87)c(-c7ccccc7)c6)n5)c34)c2)cc1. The van der Waals surface area contributed by atoms with Gasteiger partial charge in [-0.1, -0.05) is 182 Å². The number of para-hydroxylation sites is 4. The smallest absolute Gasteiger partial charge is 0.238 e. The summed E-state index contributed by atoms with van der Waals surface area (Å²) in [5.41, 5.74) is 14.0. The molecule has 0 saturated carbocycles. The molecule has 0 aliphatic rings. The van der Waals surface area contributed by atoms with Crippen LogP contribution in [0.25, 0.3) is 111 Å². The number of benzene rings is 9. The van der Waals surface area contributed by atoms with Gasteiger partial charge in [0.1, 0.15) is 0 Å². The van der Waals surface area contributed by atoms with E-state index in [9.17, 15) is 0 Å². The monoisotopic (exact) mass is 791 g/mol. The Balaban J connectivity index is 1.11. The fourth-order valence-electron chi connectivity index (χ4n) is 9.17. The third-order valence-electron chi connectivity index (χ3n) is 12.0. The lowest BCUT2D eigenvalue weighted by atomic mass is 9.97. The van der Waals surface area contributed by atoms with Crippen molar-refractivity contribution in [2.24, 2.45) is 0 Å². The molecule has 0 aliphatic carbocycles. The first-order valence-corrected chi connectivity index (χ1v) is 21.0. The molecule has 5 heteroatoms. The van der Waals surface area contributed by atoms with Crippen molar-refractivity contribution in [2.75, 3.05) is 0 Å². The number of hydrogen-bond acceptors (Lipinski definition) is 3. The maximum absolute atomic E-state index is 5.43. The lowest BCUT2D eigenvalue weighted by molar-refractivity contribution is 0.954. The Kier molecular flexibility index (Phi) is 8.42. The summed E-state index contributed by atoms with van der Waals surface area (Å²) in [7, 11) is 0. The van der Waals surface area contributed by atoms with Crippen molar-refractivity contribution in [3.63, 3.8) is 0 Å². The summed E-state index contributed by atoms with van der Waals surface area (Å²) in [6, 6.07) is 79.2. The second kappa shape index (κ2) is 14.7. The minimum atomic E-state index is 0.555. The molecule has 0 aliphatic heterocycles. The highest BCUT2D eigenvalue weighted by molar-refractivity contribution is 6.14. The molecule has 290 valence electrons. The highest BCUT2D eigenvalue weighted by Gasteiger charge is 2.22. The quantitative estimate of drug-likeness (QED) is 0.162. The van der Waals surface area contributed by atoms with Crippen LogP contribution in [0.2, 0.25) is 0 Å². The van der Waals surface area contributed by atoms with E-state index < -0.39 is 0 Å². The lowest BCUT2D eigenvalue weighted by Gasteiger charge is -2.16. The Morgan fingerprint density at radius 2 is 0.758 bits per heavy atom. The molecule has 0 saturated heterocycles. The molecule has 3 aromatic heterocycles. The van der Waals surface area contributed by atoms with E-state index in [0.29, 0.717) is 17.6 Å². The molecule has 0 fully saturated rings.